The molecule has 1 fully saturated rings. The van der Waals surface area contributed by atoms with E-state index < -0.39 is 16.1 Å². The van der Waals surface area contributed by atoms with Gasteiger partial charge in [0, 0.05) is 37.9 Å². The molecule has 42 heavy (non-hydrogen) atoms. The van der Waals surface area contributed by atoms with E-state index in [9.17, 15) is 18.3 Å². The van der Waals surface area contributed by atoms with Crippen LogP contribution in [-0.4, -0.2) is 75.7 Å². The number of carbonyl (C=O) groups is 1. The van der Waals surface area contributed by atoms with Crippen LogP contribution in [0.15, 0.2) is 66.9 Å². The molecular formula is C30H38N4O7S. The second-order valence-electron chi connectivity index (χ2n) is 10.1. The third kappa shape index (κ3) is 9.61. The number of aliphatic hydroxyl groups excluding tert-OH is 1. The lowest BCUT2D eigenvalue weighted by Gasteiger charge is -2.33. The van der Waals surface area contributed by atoms with Gasteiger partial charge in [0.2, 0.25) is 10.0 Å². The quantitative estimate of drug-likeness (QED) is 0.237. The minimum atomic E-state index is -3.55. The topological polar surface area (TPSA) is 139 Å². The molecule has 4 rings (SSSR count). The van der Waals surface area contributed by atoms with Crippen molar-refractivity contribution in [2.45, 2.75) is 38.5 Å². The van der Waals surface area contributed by atoms with Crippen molar-refractivity contribution in [1.82, 2.24) is 10.3 Å². The molecule has 2 heterocycles. The van der Waals surface area contributed by atoms with Crippen LogP contribution in [0.1, 0.15) is 35.7 Å². The van der Waals surface area contributed by atoms with E-state index in [1.807, 2.05) is 36.4 Å². The van der Waals surface area contributed by atoms with Crippen molar-refractivity contribution < 1.29 is 32.5 Å². The predicted molar refractivity (Wildman–Crippen MR) is 161 cm³/mol. The molecule has 1 aliphatic rings. The van der Waals surface area contributed by atoms with E-state index in [2.05, 4.69) is 19.9 Å². The van der Waals surface area contributed by atoms with Crippen LogP contribution < -0.4 is 24.4 Å². The Labute approximate surface area is 246 Å². The van der Waals surface area contributed by atoms with Gasteiger partial charge in [-0.15, -0.1) is 0 Å². The Kier molecular flexibility index (Phi) is 11.0. The number of hydrogen-bond donors (Lipinski definition) is 3. The smallest absolute Gasteiger partial charge is 0.339 e. The number of aromatic nitrogens is 1. The van der Waals surface area contributed by atoms with E-state index in [0.29, 0.717) is 30.2 Å². The minimum Gasteiger partial charge on any atom is -0.491 e. The van der Waals surface area contributed by atoms with Gasteiger partial charge in [-0.25, -0.2) is 18.2 Å². The third-order valence-corrected chi connectivity index (χ3v) is 7.24. The van der Waals surface area contributed by atoms with Crippen molar-refractivity contribution in [3.05, 3.63) is 78.0 Å². The van der Waals surface area contributed by atoms with Gasteiger partial charge in [-0.3, -0.25) is 4.72 Å². The highest BCUT2D eigenvalue weighted by Gasteiger charge is 2.21. The average Bonchev–Trinajstić information content (AvgIpc) is 2.99. The molecule has 1 unspecified atom stereocenters. The molecule has 0 aliphatic carbocycles. The number of sulfonamides is 1. The summed E-state index contributed by atoms with van der Waals surface area (Å²) in [6.45, 7) is 4.35. The number of ether oxygens (including phenoxy) is 3. The normalized spacial score (nSPS) is 14.7. The van der Waals surface area contributed by atoms with Gasteiger partial charge >= 0.3 is 5.97 Å². The zero-order valence-corrected chi connectivity index (χ0v) is 24.7. The number of benzene rings is 2. The maximum atomic E-state index is 11.9. The van der Waals surface area contributed by atoms with Crippen LogP contribution in [0, 0.1) is 0 Å². The molecule has 11 nitrogen and oxygen atoms in total. The van der Waals surface area contributed by atoms with Crippen LogP contribution >= 0.6 is 0 Å². The summed E-state index contributed by atoms with van der Waals surface area (Å²) in [5, 5.41) is 13.9. The second-order valence-corrected chi connectivity index (χ2v) is 11.8. The van der Waals surface area contributed by atoms with Crippen LogP contribution in [-0.2, 0) is 21.4 Å². The number of aliphatic hydroxyl groups is 1. The number of nitrogens with one attached hydrogen (secondary N) is 2. The Balaban J connectivity index is 1.22. The van der Waals surface area contributed by atoms with E-state index in [1.54, 1.807) is 37.4 Å². The molecule has 3 N–H and O–H groups in total. The number of anilines is 2. The fraction of sp³-hybridized carbons (Fsp3) is 0.400. The van der Waals surface area contributed by atoms with Gasteiger partial charge in [0.05, 0.1) is 24.1 Å². The molecule has 0 bridgehead atoms. The highest BCUT2D eigenvalue weighted by molar-refractivity contribution is 7.92. The zero-order valence-electron chi connectivity index (χ0n) is 23.9. The van der Waals surface area contributed by atoms with Crippen LogP contribution in [0.3, 0.4) is 0 Å². The number of esters is 1. The third-order valence-electron chi connectivity index (χ3n) is 6.65. The van der Waals surface area contributed by atoms with Gasteiger partial charge in [0.15, 0.2) is 0 Å². The van der Waals surface area contributed by atoms with Crippen molar-refractivity contribution >= 4 is 27.5 Å². The molecule has 1 aromatic heterocycles. The van der Waals surface area contributed by atoms with Crippen molar-refractivity contribution in [2.24, 2.45) is 0 Å². The Morgan fingerprint density at radius 1 is 1.10 bits per heavy atom. The van der Waals surface area contributed by atoms with Crippen molar-refractivity contribution in [1.29, 1.82) is 0 Å². The fourth-order valence-electron chi connectivity index (χ4n) is 4.51. The lowest BCUT2D eigenvalue weighted by atomic mass is 10.0. The molecule has 0 saturated carbocycles. The van der Waals surface area contributed by atoms with Crippen molar-refractivity contribution in [3.63, 3.8) is 0 Å². The first-order valence-electron chi connectivity index (χ1n) is 13.9. The van der Waals surface area contributed by atoms with Crippen LogP contribution in [0.25, 0.3) is 0 Å². The highest BCUT2D eigenvalue weighted by Crippen LogP contribution is 2.31. The Bertz CT molecular complexity index is 1400. The number of rotatable bonds is 14. The number of carbonyl (C=O) groups excluding carboxylic acids is 1. The zero-order chi connectivity index (χ0) is 30.0. The first-order valence-corrected chi connectivity index (χ1v) is 15.8. The van der Waals surface area contributed by atoms with Crippen LogP contribution in [0.4, 0.5) is 11.5 Å². The summed E-state index contributed by atoms with van der Waals surface area (Å²) >= 11 is 0. The van der Waals surface area contributed by atoms with E-state index >= 15 is 0 Å². The van der Waals surface area contributed by atoms with E-state index in [1.165, 1.54) is 0 Å². The molecular weight excluding hydrogens is 560 g/mol. The molecule has 3 aromatic rings. The van der Waals surface area contributed by atoms with Crippen molar-refractivity contribution in [2.75, 3.05) is 48.7 Å². The summed E-state index contributed by atoms with van der Waals surface area (Å²) in [5.74, 6) is 1.21. The lowest BCUT2D eigenvalue weighted by Crippen LogP contribution is -2.45. The van der Waals surface area contributed by atoms with Gasteiger partial charge in [-0.05, 0) is 49.6 Å². The first kappa shape index (κ1) is 31.1. The minimum absolute atomic E-state index is 0.0329. The maximum Gasteiger partial charge on any atom is 0.339 e. The molecule has 12 heteroatoms. The van der Waals surface area contributed by atoms with Gasteiger partial charge in [0.1, 0.15) is 36.6 Å². The molecule has 2 aromatic carbocycles. The highest BCUT2D eigenvalue weighted by atomic mass is 32.2. The van der Waals surface area contributed by atoms with E-state index in [4.69, 9.17) is 14.2 Å². The molecule has 1 atom stereocenters. The summed E-state index contributed by atoms with van der Waals surface area (Å²) in [7, 11) is -3.55. The van der Waals surface area contributed by atoms with Gasteiger partial charge in [0.25, 0.3) is 0 Å². The molecule has 0 spiro atoms. The Hall–Kier alpha value is -3.87. The second kappa shape index (κ2) is 14.9. The van der Waals surface area contributed by atoms with Gasteiger partial charge in [-0.2, -0.15) is 0 Å². The van der Waals surface area contributed by atoms with Gasteiger partial charge < -0.3 is 29.5 Å². The monoisotopic (exact) mass is 598 g/mol. The number of hydrogen-bond acceptors (Lipinski definition) is 10. The molecule has 0 radical (unpaired) electrons. The summed E-state index contributed by atoms with van der Waals surface area (Å²) in [6, 6.07) is 18.2. The molecule has 1 aliphatic heterocycles. The summed E-state index contributed by atoms with van der Waals surface area (Å²) in [5.41, 5.74) is 1.64. The number of nitrogens with zero attached hydrogens (tertiary/aromatic N) is 2. The largest absolute Gasteiger partial charge is 0.491 e. The van der Waals surface area contributed by atoms with Crippen LogP contribution in [0.5, 0.6) is 11.5 Å². The molecule has 0 amide bonds. The molecule has 226 valence electrons. The van der Waals surface area contributed by atoms with Gasteiger partial charge in [-0.1, -0.05) is 30.3 Å². The Morgan fingerprint density at radius 2 is 1.86 bits per heavy atom. The summed E-state index contributed by atoms with van der Waals surface area (Å²) < 4.78 is 42.9. The van der Waals surface area contributed by atoms with E-state index in [0.717, 1.165) is 43.6 Å². The number of pyridine rings is 1. The SMILES string of the molecule is CCOC(=O)c1ccc(N2CCC(NCC(O)COc3ccc(OCc4ccccc4)c(NS(C)(=O)=O)c3)CC2)nc1. The fourth-order valence-corrected chi connectivity index (χ4v) is 5.07. The predicted octanol–water partition coefficient (Wildman–Crippen LogP) is 3.21. The first-order chi connectivity index (χ1) is 20.2. The lowest BCUT2D eigenvalue weighted by molar-refractivity contribution is 0.0526. The standard InChI is InChI=1S/C30H38N4O7S/c1-3-39-30(36)23-9-12-29(32-18-23)34-15-13-24(14-16-34)31-19-25(35)21-40-26-10-11-28(27(17-26)33-42(2,37)38)41-20-22-7-5-4-6-8-22/h4-12,17-18,24-25,31,33,35H,3,13-16,19-21H2,1-2H3. The summed E-state index contributed by atoms with van der Waals surface area (Å²) in [4.78, 5) is 18.4. The Morgan fingerprint density at radius 3 is 2.52 bits per heavy atom. The van der Waals surface area contributed by atoms with Crippen LogP contribution in [0.2, 0.25) is 0 Å². The van der Waals surface area contributed by atoms with E-state index in [-0.39, 0.29) is 30.9 Å². The summed E-state index contributed by atoms with van der Waals surface area (Å²) in [6.07, 6.45) is 3.60. The number of piperidine rings is 1. The maximum absolute atomic E-state index is 11.9. The molecule has 1 saturated heterocycles. The average molecular weight is 599 g/mol. The van der Waals surface area contributed by atoms with Crippen molar-refractivity contribution in [3.8, 4) is 11.5 Å².